The quantitative estimate of drug-likeness (QED) is 0.535. The van der Waals surface area contributed by atoms with Gasteiger partial charge in [-0.2, -0.15) is 5.10 Å². The van der Waals surface area contributed by atoms with Gasteiger partial charge in [-0.15, -0.1) is 0 Å². The standard InChI is InChI=1S/C21H19FN6O/c1-13-25-19(15-5-3-4-6-16(15)22)20-21(23-12-24-28(13)20)27-10-9-17-14(11-27)7-8-18(26-17)29-2/h3-8,12H,9-11H2,1-2H3. The van der Waals surface area contributed by atoms with E-state index in [1.54, 1.807) is 29.8 Å². The summed E-state index contributed by atoms with van der Waals surface area (Å²) in [6, 6.07) is 10.5. The topological polar surface area (TPSA) is 68.4 Å². The Bertz CT molecular complexity index is 1220. The summed E-state index contributed by atoms with van der Waals surface area (Å²) in [4.78, 5) is 15.9. The van der Waals surface area contributed by atoms with Gasteiger partial charge in [0, 0.05) is 31.1 Å². The second kappa shape index (κ2) is 6.80. The molecule has 8 heteroatoms. The van der Waals surface area contributed by atoms with Gasteiger partial charge in [0.05, 0.1) is 12.8 Å². The van der Waals surface area contributed by atoms with Crippen LogP contribution >= 0.6 is 0 Å². The average Bonchev–Trinajstić information content (AvgIpc) is 3.10. The third-order valence-electron chi connectivity index (χ3n) is 5.24. The first-order valence-electron chi connectivity index (χ1n) is 9.38. The van der Waals surface area contributed by atoms with Gasteiger partial charge in [-0.05, 0) is 24.6 Å². The van der Waals surface area contributed by atoms with Crippen molar-refractivity contribution in [3.05, 3.63) is 65.6 Å². The summed E-state index contributed by atoms with van der Waals surface area (Å²) >= 11 is 0. The number of aromatic nitrogens is 5. The predicted octanol–water partition coefficient (Wildman–Crippen LogP) is 3.21. The van der Waals surface area contributed by atoms with E-state index >= 15 is 0 Å². The molecule has 0 saturated heterocycles. The van der Waals surface area contributed by atoms with Crippen LogP contribution in [0.5, 0.6) is 5.88 Å². The Morgan fingerprint density at radius 2 is 1.97 bits per heavy atom. The van der Waals surface area contributed by atoms with Gasteiger partial charge in [-0.3, -0.25) is 0 Å². The fourth-order valence-electron chi connectivity index (χ4n) is 3.82. The number of benzene rings is 1. The zero-order valence-corrected chi connectivity index (χ0v) is 16.1. The molecule has 29 heavy (non-hydrogen) atoms. The zero-order valence-electron chi connectivity index (χ0n) is 16.1. The third kappa shape index (κ3) is 2.88. The molecule has 4 aromatic rings. The van der Waals surface area contributed by atoms with Crippen molar-refractivity contribution in [1.82, 2.24) is 24.6 Å². The Morgan fingerprint density at radius 1 is 1.10 bits per heavy atom. The number of imidazole rings is 1. The van der Waals surface area contributed by atoms with E-state index in [1.165, 1.54) is 12.4 Å². The van der Waals surface area contributed by atoms with E-state index in [-0.39, 0.29) is 5.82 Å². The highest BCUT2D eigenvalue weighted by molar-refractivity contribution is 5.86. The van der Waals surface area contributed by atoms with Gasteiger partial charge >= 0.3 is 0 Å². The number of pyridine rings is 1. The summed E-state index contributed by atoms with van der Waals surface area (Å²) in [7, 11) is 1.62. The minimum atomic E-state index is -0.317. The van der Waals surface area contributed by atoms with Crippen molar-refractivity contribution in [2.24, 2.45) is 0 Å². The predicted molar refractivity (Wildman–Crippen MR) is 106 cm³/mol. The van der Waals surface area contributed by atoms with Gasteiger partial charge < -0.3 is 9.64 Å². The zero-order chi connectivity index (χ0) is 20.0. The van der Waals surface area contributed by atoms with Crippen molar-refractivity contribution in [3.63, 3.8) is 0 Å². The van der Waals surface area contributed by atoms with E-state index in [0.29, 0.717) is 35.0 Å². The molecule has 0 atom stereocenters. The SMILES string of the molecule is COc1ccc2c(n1)CCN(c1ncnn3c(C)nc(-c4ccccc4F)c13)C2. The Balaban J connectivity index is 1.63. The highest BCUT2D eigenvalue weighted by Crippen LogP contribution is 2.33. The molecule has 0 N–H and O–H groups in total. The average molecular weight is 390 g/mol. The van der Waals surface area contributed by atoms with Gasteiger partial charge in [-0.1, -0.05) is 18.2 Å². The van der Waals surface area contributed by atoms with Gasteiger partial charge in [0.15, 0.2) is 5.82 Å². The van der Waals surface area contributed by atoms with Gasteiger partial charge in [-0.25, -0.2) is 23.9 Å². The molecule has 1 aliphatic heterocycles. The number of rotatable bonds is 3. The van der Waals surface area contributed by atoms with E-state index in [2.05, 4.69) is 25.0 Å². The Kier molecular flexibility index (Phi) is 4.12. The van der Waals surface area contributed by atoms with Crippen LogP contribution in [0.1, 0.15) is 17.1 Å². The third-order valence-corrected chi connectivity index (χ3v) is 5.24. The van der Waals surface area contributed by atoms with Crippen LogP contribution in [-0.2, 0) is 13.0 Å². The van der Waals surface area contributed by atoms with Crippen LogP contribution < -0.4 is 9.64 Å². The van der Waals surface area contributed by atoms with Crippen molar-refractivity contribution in [3.8, 4) is 17.1 Å². The second-order valence-electron chi connectivity index (χ2n) is 6.96. The van der Waals surface area contributed by atoms with Gasteiger partial charge in [0.1, 0.15) is 29.2 Å². The summed E-state index contributed by atoms with van der Waals surface area (Å²) in [6.45, 7) is 3.25. The molecule has 5 rings (SSSR count). The number of halogens is 1. The lowest BCUT2D eigenvalue weighted by Gasteiger charge is -2.29. The van der Waals surface area contributed by atoms with E-state index in [1.807, 2.05) is 19.1 Å². The summed E-state index contributed by atoms with van der Waals surface area (Å²) in [6.07, 6.45) is 2.29. The molecule has 1 aliphatic rings. The molecule has 0 bridgehead atoms. The fourth-order valence-corrected chi connectivity index (χ4v) is 3.82. The van der Waals surface area contributed by atoms with Gasteiger partial charge in [0.2, 0.25) is 5.88 Å². The molecule has 0 radical (unpaired) electrons. The number of methoxy groups -OCH3 is 1. The number of ether oxygens (including phenoxy) is 1. The van der Waals surface area contributed by atoms with Crippen LogP contribution in [0.3, 0.4) is 0 Å². The van der Waals surface area contributed by atoms with E-state index < -0.39 is 0 Å². The first-order chi connectivity index (χ1) is 14.2. The highest BCUT2D eigenvalue weighted by Gasteiger charge is 2.25. The van der Waals surface area contributed by atoms with Gasteiger partial charge in [0.25, 0.3) is 0 Å². The number of hydrogen-bond donors (Lipinski definition) is 0. The number of hydrogen-bond acceptors (Lipinski definition) is 6. The van der Waals surface area contributed by atoms with Crippen molar-refractivity contribution < 1.29 is 9.13 Å². The van der Waals surface area contributed by atoms with Crippen LogP contribution in [0.2, 0.25) is 0 Å². The summed E-state index contributed by atoms with van der Waals surface area (Å²) in [5, 5.41) is 4.34. The Labute approximate surface area is 166 Å². The van der Waals surface area contributed by atoms with Crippen LogP contribution in [0.4, 0.5) is 10.2 Å². The molecule has 7 nitrogen and oxygen atoms in total. The van der Waals surface area contributed by atoms with Crippen molar-refractivity contribution in [1.29, 1.82) is 0 Å². The summed E-state index contributed by atoms with van der Waals surface area (Å²) in [5.41, 5.74) is 3.86. The number of fused-ring (bicyclic) bond motifs is 2. The minimum Gasteiger partial charge on any atom is -0.481 e. The van der Waals surface area contributed by atoms with Crippen LogP contribution in [0, 0.1) is 12.7 Å². The molecule has 146 valence electrons. The molecular weight excluding hydrogens is 371 g/mol. The van der Waals surface area contributed by atoms with E-state index in [0.717, 1.165) is 30.0 Å². The number of aryl methyl sites for hydroxylation is 1. The molecule has 0 saturated carbocycles. The molecule has 0 spiro atoms. The largest absolute Gasteiger partial charge is 0.481 e. The van der Waals surface area contributed by atoms with Crippen molar-refractivity contribution in [2.75, 3.05) is 18.6 Å². The van der Waals surface area contributed by atoms with Crippen LogP contribution in [0.15, 0.2) is 42.7 Å². The van der Waals surface area contributed by atoms with Crippen LogP contribution in [-0.4, -0.2) is 38.2 Å². The van der Waals surface area contributed by atoms with E-state index in [4.69, 9.17) is 4.74 Å². The Morgan fingerprint density at radius 3 is 2.79 bits per heavy atom. The maximum atomic E-state index is 14.5. The number of nitrogens with zero attached hydrogens (tertiary/aromatic N) is 6. The monoisotopic (exact) mass is 390 g/mol. The molecule has 4 heterocycles. The Hall–Kier alpha value is -3.55. The molecule has 1 aromatic carbocycles. The second-order valence-corrected chi connectivity index (χ2v) is 6.96. The van der Waals surface area contributed by atoms with E-state index in [9.17, 15) is 4.39 Å². The molecular formula is C21H19FN6O. The first-order valence-corrected chi connectivity index (χ1v) is 9.38. The fraction of sp³-hybridized carbons (Fsp3) is 0.238. The molecule has 0 fully saturated rings. The van der Waals surface area contributed by atoms with Crippen LogP contribution in [0.25, 0.3) is 16.8 Å². The normalized spacial score (nSPS) is 13.6. The summed E-state index contributed by atoms with van der Waals surface area (Å²) in [5.74, 6) is 1.73. The lowest BCUT2D eigenvalue weighted by molar-refractivity contribution is 0.395. The molecule has 0 aliphatic carbocycles. The molecule has 0 amide bonds. The van der Waals surface area contributed by atoms with Crippen molar-refractivity contribution in [2.45, 2.75) is 19.9 Å². The highest BCUT2D eigenvalue weighted by atomic mass is 19.1. The first kappa shape index (κ1) is 17.5. The molecule has 0 unspecified atom stereocenters. The lowest BCUT2D eigenvalue weighted by atomic mass is 10.1. The lowest BCUT2D eigenvalue weighted by Crippen LogP contribution is -2.32. The maximum absolute atomic E-state index is 14.5. The van der Waals surface area contributed by atoms with Crippen molar-refractivity contribution >= 4 is 11.3 Å². The minimum absolute atomic E-state index is 0.317. The smallest absolute Gasteiger partial charge is 0.213 e. The summed E-state index contributed by atoms with van der Waals surface area (Å²) < 4.78 is 21.5. The maximum Gasteiger partial charge on any atom is 0.213 e. The molecule has 3 aromatic heterocycles. The number of anilines is 1.